The van der Waals surface area contributed by atoms with E-state index in [4.69, 9.17) is 14.2 Å². The van der Waals surface area contributed by atoms with Crippen LogP contribution < -0.4 is 0 Å². The molecule has 0 aromatic carbocycles. The minimum absolute atomic E-state index is 0.105. The van der Waals surface area contributed by atoms with Gasteiger partial charge in [0, 0.05) is 7.11 Å². The summed E-state index contributed by atoms with van der Waals surface area (Å²) in [4.78, 5) is 0. The molecule has 11 heavy (non-hydrogen) atoms. The molecule has 0 unspecified atom stereocenters. The van der Waals surface area contributed by atoms with Crippen molar-refractivity contribution in [2.45, 2.75) is 11.9 Å². The Hall–Kier alpha value is 0.360. The quantitative estimate of drug-likeness (QED) is 0.486. The number of methoxy groups -OCH3 is 1. The zero-order valence-corrected chi connectivity index (χ0v) is 8.59. The highest BCUT2D eigenvalue weighted by atomic mass is 79.9. The van der Waals surface area contributed by atoms with E-state index in [-0.39, 0.29) is 5.01 Å². The lowest BCUT2D eigenvalue weighted by atomic mass is 10.7. The van der Waals surface area contributed by atoms with Crippen LogP contribution in [0, 0.1) is 0 Å². The summed E-state index contributed by atoms with van der Waals surface area (Å²) in [5.41, 5.74) is 0. The Labute approximate surface area is 76.1 Å². The number of halogens is 1. The van der Waals surface area contributed by atoms with Crippen LogP contribution in [0.5, 0.6) is 0 Å². The minimum Gasteiger partial charge on any atom is -0.382 e. The van der Waals surface area contributed by atoms with Gasteiger partial charge in [-0.1, -0.05) is 15.9 Å². The van der Waals surface area contributed by atoms with Gasteiger partial charge in [0.2, 0.25) is 0 Å². The molecule has 3 nitrogen and oxygen atoms in total. The van der Waals surface area contributed by atoms with Gasteiger partial charge in [0.25, 0.3) is 0 Å². The maximum atomic E-state index is 5.17. The van der Waals surface area contributed by atoms with Crippen molar-refractivity contribution in [3.8, 4) is 0 Å². The zero-order valence-electron chi connectivity index (χ0n) is 7.01. The number of hydrogen-bond donors (Lipinski definition) is 0. The molecule has 0 amide bonds. The molecule has 0 saturated heterocycles. The van der Waals surface area contributed by atoms with Crippen molar-refractivity contribution in [3.05, 3.63) is 0 Å². The molecule has 0 saturated carbocycles. The van der Waals surface area contributed by atoms with Gasteiger partial charge in [-0.2, -0.15) is 0 Å². The number of ether oxygens (including phenoxy) is 3. The molecule has 0 fully saturated rings. The average Bonchev–Trinajstić information content (AvgIpc) is 1.96. The van der Waals surface area contributed by atoms with Crippen molar-refractivity contribution >= 4 is 15.9 Å². The summed E-state index contributed by atoms with van der Waals surface area (Å²) < 4.78 is 15.1. The molecule has 0 aromatic rings. The predicted molar refractivity (Wildman–Crippen MR) is 47.0 cm³/mol. The highest BCUT2D eigenvalue weighted by Crippen LogP contribution is 1.97. The molecule has 0 rings (SSSR count). The summed E-state index contributed by atoms with van der Waals surface area (Å²) in [5, 5.41) is 0.105. The summed E-state index contributed by atoms with van der Waals surface area (Å²) in [7, 11) is 1.65. The molecule has 4 heteroatoms. The second-order valence-electron chi connectivity index (χ2n) is 2.02. The van der Waals surface area contributed by atoms with Crippen LogP contribution in [0.4, 0.5) is 0 Å². The minimum atomic E-state index is 0.105. The molecule has 68 valence electrons. The van der Waals surface area contributed by atoms with Gasteiger partial charge in [-0.15, -0.1) is 0 Å². The van der Waals surface area contributed by atoms with Crippen LogP contribution >= 0.6 is 15.9 Å². The lowest BCUT2D eigenvalue weighted by Crippen LogP contribution is -2.10. The third-order valence-electron chi connectivity index (χ3n) is 1.01. The van der Waals surface area contributed by atoms with E-state index < -0.39 is 0 Å². The van der Waals surface area contributed by atoms with Gasteiger partial charge >= 0.3 is 0 Å². The second-order valence-corrected chi connectivity index (χ2v) is 3.31. The third-order valence-corrected chi connectivity index (χ3v) is 1.27. The van der Waals surface area contributed by atoms with Crippen molar-refractivity contribution in [2.75, 3.05) is 33.5 Å². The fraction of sp³-hybridized carbons (Fsp3) is 1.00. The summed E-state index contributed by atoms with van der Waals surface area (Å²) >= 11 is 3.25. The molecule has 0 N–H and O–H groups in total. The number of rotatable bonds is 7. The molecule has 0 radical (unpaired) electrons. The van der Waals surface area contributed by atoms with E-state index in [1.165, 1.54) is 0 Å². The van der Waals surface area contributed by atoms with Crippen molar-refractivity contribution in [1.29, 1.82) is 0 Å². The van der Waals surface area contributed by atoms with Crippen molar-refractivity contribution in [3.63, 3.8) is 0 Å². The number of alkyl halides is 1. The van der Waals surface area contributed by atoms with Crippen LogP contribution in [-0.4, -0.2) is 38.6 Å². The first-order valence-electron chi connectivity index (χ1n) is 3.59. The van der Waals surface area contributed by atoms with Crippen LogP contribution in [-0.2, 0) is 14.2 Å². The Kier molecular flexibility index (Phi) is 8.73. The standard InChI is InChI=1S/C7H15BrO3/c1-7(8)11-6-5-10-4-3-9-2/h7H,3-6H2,1-2H3/t7-/m1/s1. The van der Waals surface area contributed by atoms with Crippen LogP contribution in [0.3, 0.4) is 0 Å². The fourth-order valence-electron chi connectivity index (χ4n) is 0.514. The van der Waals surface area contributed by atoms with E-state index in [2.05, 4.69) is 15.9 Å². The normalized spacial score (nSPS) is 13.4. The Morgan fingerprint density at radius 2 is 1.82 bits per heavy atom. The van der Waals surface area contributed by atoms with Gasteiger partial charge in [0.15, 0.2) is 0 Å². The van der Waals surface area contributed by atoms with Crippen LogP contribution in [0.25, 0.3) is 0 Å². The van der Waals surface area contributed by atoms with Gasteiger partial charge in [0.1, 0.15) is 5.01 Å². The molecule has 0 aliphatic rings. The summed E-state index contributed by atoms with van der Waals surface area (Å²) in [6.07, 6.45) is 0. The topological polar surface area (TPSA) is 27.7 Å². The van der Waals surface area contributed by atoms with Gasteiger partial charge < -0.3 is 14.2 Å². The third kappa shape index (κ3) is 10.4. The molecule has 0 aromatic heterocycles. The first kappa shape index (κ1) is 11.4. The van der Waals surface area contributed by atoms with Gasteiger partial charge in [0.05, 0.1) is 26.4 Å². The van der Waals surface area contributed by atoms with Crippen LogP contribution in [0.1, 0.15) is 6.92 Å². The lowest BCUT2D eigenvalue weighted by molar-refractivity contribution is 0.0226. The highest BCUT2D eigenvalue weighted by molar-refractivity contribution is 9.09. The predicted octanol–water partition coefficient (Wildman–Crippen LogP) is 1.41. The van der Waals surface area contributed by atoms with E-state index >= 15 is 0 Å². The number of hydrogen-bond acceptors (Lipinski definition) is 3. The van der Waals surface area contributed by atoms with Gasteiger partial charge in [-0.05, 0) is 6.92 Å². The molecule has 0 spiro atoms. The average molecular weight is 227 g/mol. The summed E-state index contributed by atoms with van der Waals surface area (Å²) in [5.74, 6) is 0. The molecular weight excluding hydrogens is 212 g/mol. The van der Waals surface area contributed by atoms with Crippen molar-refractivity contribution in [1.82, 2.24) is 0 Å². The molecule has 0 aliphatic carbocycles. The molecule has 0 heterocycles. The van der Waals surface area contributed by atoms with E-state index in [1.807, 2.05) is 6.92 Å². The summed E-state index contributed by atoms with van der Waals surface area (Å²) in [6, 6.07) is 0. The molecule has 1 atom stereocenters. The first-order valence-corrected chi connectivity index (χ1v) is 4.51. The van der Waals surface area contributed by atoms with Gasteiger partial charge in [-0.25, -0.2) is 0 Å². The maximum absolute atomic E-state index is 5.17. The SMILES string of the molecule is COCCOCCO[C@H](C)Br. The van der Waals surface area contributed by atoms with Crippen LogP contribution in [0.2, 0.25) is 0 Å². The monoisotopic (exact) mass is 226 g/mol. The van der Waals surface area contributed by atoms with Crippen molar-refractivity contribution < 1.29 is 14.2 Å². The molecule has 0 aliphatic heterocycles. The maximum Gasteiger partial charge on any atom is 0.109 e. The van der Waals surface area contributed by atoms with E-state index in [1.54, 1.807) is 7.11 Å². The Bertz CT molecular complexity index is 78.1. The second kappa shape index (κ2) is 8.46. The smallest absolute Gasteiger partial charge is 0.109 e. The molecular formula is C7H15BrO3. The van der Waals surface area contributed by atoms with Crippen molar-refractivity contribution in [2.24, 2.45) is 0 Å². The van der Waals surface area contributed by atoms with E-state index in [9.17, 15) is 0 Å². The summed E-state index contributed by atoms with van der Waals surface area (Å²) in [6.45, 7) is 4.45. The fourth-order valence-corrected chi connectivity index (χ4v) is 0.701. The Morgan fingerprint density at radius 3 is 2.36 bits per heavy atom. The largest absolute Gasteiger partial charge is 0.382 e. The van der Waals surface area contributed by atoms with E-state index in [0.29, 0.717) is 26.4 Å². The molecule has 0 bridgehead atoms. The first-order chi connectivity index (χ1) is 5.27. The highest BCUT2D eigenvalue weighted by Gasteiger charge is 1.93. The van der Waals surface area contributed by atoms with E-state index in [0.717, 1.165) is 0 Å². The van der Waals surface area contributed by atoms with Crippen LogP contribution in [0.15, 0.2) is 0 Å². The zero-order chi connectivity index (χ0) is 8.53. The van der Waals surface area contributed by atoms with Gasteiger partial charge in [-0.3, -0.25) is 0 Å². The lowest BCUT2D eigenvalue weighted by Gasteiger charge is -2.06. The Balaban J connectivity index is 2.80. The Morgan fingerprint density at radius 1 is 1.18 bits per heavy atom.